The molecule has 4 heterocycles. The fourth-order valence-electron chi connectivity index (χ4n) is 5.40. The number of rotatable bonds is 6. The Morgan fingerprint density at radius 2 is 1.19 bits per heavy atom. The van der Waals surface area contributed by atoms with Crippen LogP contribution in [0.4, 0.5) is 11.4 Å². The molecule has 2 saturated heterocycles. The summed E-state index contributed by atoms with van der Waals surface area (Å²) in [4.78, 5) is 39.0. The molecule has 1 unspecified atom stereocenters. The second-order valence-corrected chi connectivity index (χ2v) is 9.42. The summed E-state index contributed by atoms with van der Waals surface area (Å²) in [5.41, 5.74) is 2.04. The monoisotopic (exact) mass is 504 g/mol. The van der Waals surface area contributed by atoms with Crippen molar-refractivity contribution in [2.24, 2.45) is 9.98 Å². The van der Waals surface area contributed by atoms with Gasteiger partial charge in [0.05, 0.1) is 48.8 Å². The molecule has 2 atom stereocenters. The zero-order valence-corrected chi connectivity index (χ0v) is 20.8. The highest BCUT2D eigenvalue weighted by molar-refractivity contribution is 6.04. The number of methoxy groups -OCH3 is 2. The third-order valence-corrected chi connectivity index (χ3v) is 7.35. The van der Waals surface area contributed by atoms with Crippen LogP contribution in [0.15, 0.2) is 34.3 Å². The molecule has 0 bridgehead atoms. The molecular weight excluding hydrogens is 476 g/mol. The maximum absolute atomic E-state index is 13.1. The second kappa shape index (κ2) is 9.42. The molecule has 6 rings (SSSR count). The molecule has 2 amide bonds. The van der Waals surface area contributed by atoms with Gasteiger partial charge in [-0.1, -0.05) is 0 Å². The first kappa shape index (κ1) is 23.3. The number of benzene rings is 2. The van der Waals surface area contributed by atoms with Gasteiger partial charge in [0.15, 0.2) is 23.0 Å². The van der Waals surface area contributed by atoms with Gasteiger partial charge in [-0.3, -0.25) is 19.6 Å². The van der Waals surface area contributed by atoms with Crippen molar-refractivity contribution in [3.8, 4) is 23.0 Å². The SMILES string of the molecule is COc1cc2c(cc1OCOc1cc3c(cc1OC)C(=O)N1CCC[C@H]1C=N3)N=CC1CCCN1C2=O. The van der Waals surface area contributed by atoms with Crippen molar-refractivity contribution < 1.29 is 28.5 Å². The third-order valence-electron chi connectivity index (χ3n) is 7.35. The number of amides is 2. The van der Waals surface area contributed by atoms with Gasteiger partial charge >= 0.3 is 0 Å². The lowest BCUT2D eigenvalue weighted by molar-refractivity contribution is 0.0766. The van der Waals surface area contributed by atoms with Crippen LogP contribution in [-0.4, -0.2) is 80.2 Å². The van der Waals surface area contributed by atoms with Gasteiger partial charge in [0.25, 0.3) is 11.8 Å². The average Bonchev–Trinajstić information content (AvgIpc) is 3.54. The number of aliphatic imine (C=N–C) groups is 2. The van der Waals surface area contributed by atoms with E-state index in [-0.39, 0.29) is 30.7 Å². The minimum Gasteiger partial charge on any atom is -0.493 e. The summed E-state index contributed by atoms with van der Waals surface area (Å²) in [6.07, 6.45) is 7.42. The minimum absolute atomic E-state index is 0.0187. The first-order valence-corrected chi connectivity index (χ1v) is 12.5. The summed E-state index contributed by atoms with van der Waals surface area (Å²) in [7, 11) is 3.04. The molecule has 10 nitrogen and oxygen atoms in total. The van der Waals surface area contributed by atoms with Gasteiger partial charge in [0, 0.05) is 37.7 Å². The number of hydrogen-bond acceptors (Lipinski definition) is 8. The highest BCUT2D eigenvalue weighted by Crippen LogP contribution is 2.40. The number of carbonyl (C=O) groups is 2. The van der Waals surface area contributed by atoms with Crippen LogP contribution in [0.2, 0.25) is 0 Å². The molecule has 2 fully saturated rings. The van der Waals surface area contributed by atoms with E-state index in [1.807, 2.05) is 22.2 Å². The largest absolute Gasteiger partial charge is 0.493 e. The van der Waals surface area contributed by atoms with E-state index in [1.54, 1.807) is 24.3 Å². The Bertz CT molecular complexity index is 1220. The molecule has 37 heavy (non-hydrogen) atoms. The van der Waals surface area contributed by atoms with Crippen molar-refractivity contribution in [1.29, 1.82) is 0 Å². The van der Waals surface area contributed by atoms with E-state index < -0.39 is 0 Å². The molecule has 0 radical (unpaired) electrons. The first-order valence-electron chi connectivity index (χ1n) is 12.5. The molecule has 0 aliphatic carbocycles. The lowest BCUT2D eigenvalue weighted by Crippen LogP contribution is -2.35. The van der Waals surface area contributed by atoms with Crippen LogP contribution in [0.1, 0.15) is 46.4 Å². The van der Waals surface area contributed by atoms with Gasteiger partial charge in [0.1, 0.15) is 0 Å². The lowest BCUT2D eigenvalue weighted by Gasteiger charge is -2.21. The maximum atomic E-state index is 13.1. The fraction of sp³-hybridized carbons (Fsp3) is 0.407. The predicted molar refractivity (Wildman–Crippen MR) is 137 cm³/mol. The Morgan fingerprint density at radius 1 is 0.730 bits per heavy atom. The van der Waals surface area contributed by atoms with E-state index in [0.717, 1.165) is 38.8 Å². The molecule has 2 aromatic carbocycles. The van der Waals surface area contributed by atoms with Gasteiger partial charge in [-0.25, -0.2) is 0 Å². The molecule has 0 N–H and O–H groups in total. The van der Waals surface area contributed by atoms with Crippen molar-refractivity contribution in [2.75, 3.05) is 34.1 Å². The van der Waals surface area contributed by atoms with Crippen LogP contribution in [-0.2, 0) is 0 Å². The smallest absolute Gasteiger partial charge is 0.256 e. The predicted octanol–water partition coefficient (Wildman–Crippen LogP) is 3.76. The molecule has 4 aliphatic heterocycles. The first-order chi connectivity index (χ1) is 18.1. The molecule has 192 valence electrons. The highest BCUT2D eigenvalue weighted by atomic mass is 16.7. The summed E-state index contributed by atoms with van der Waals surface area (Å²) in [6.45, 7) is 1.28. The third kappa shape index (κ3) is 4.06. The van der Waals surface area contributed by atoms with Crippen LogP contribution in [0.3, 0.4) is 0 Å². The van der Waals surface area contributed by atoms with Crippen molar-refractivity contribution >= 4 is 35.6 Å². The minimum atomic E-state index is -0.164. The van der Waals surface area contributed by atoms with E-state index >= 15 is 0 Å². The van der Waals surface area contributed by atoms with Crippen LogP contribution in [0, 0.1) is 0 Å². The molecule has 0 spiro atoms. The Hall–Kier alpha value is -4.08. The summed E-state index contributed by atoms with van der Waals surface area (Å²) in [6, 6.07) is 6.76. The topological polar surface area (TPSA) is 102 Å². The van der Waals surface area contributed by atoms with Gasteiger partial charge in [-0.05, 0) is 37.8 Å². The number of fused-ring (bicyclic) bond motifs is 4. The van der Waals surface area contributed by atoms with E-state index in [2.05, 4.69) is 9.98 Å². The summed E-state index contributed by atoms with van der Waals surface area (Å²) in [5.74, 6) is 1.51. The van der Waals surface area contributed by atoms with E-state index in [9.17, 15) is 9.59 Å². The fourth-order valence-corrected chi connectivity index (χ4v) is 5.40. The number of nitrogens with zero attached hydrogens (tertiary/aromatic N) is 4. The zero-order valence-electron chi connectivity index (χ0n) is 20.8. The van der Waals surface area contributed by atoms with Crippen molar-refractivity contribution in [1.82, 2.24) is 9.80 Å². The summed E-state index contributed by atoms with van der Waals surface area (Å²) < 4.78 is 22.8. The van der Waals surface area contributed by atoms with Crippen LogP contribution in [0.5, 0.6) is 23.0 Å². The van der Waals surface area contributed by atoms with Crippen molar-refractivity contribution in [2.45, 2.75) is 37.8 Å². The van der Waals surface area contributed by atoms with Crippen molar-refractivity contribution in [3.63, 3.8) is 0 Å². The Morgan fingerprint density at radius 3 is 1.62 bits per heavy atom. The highest BCUT2D eigenvalue weighted by Gasteiger charge is 2.34. The summed E-state index contributed by atoms with van der Waals surface area (Å²) >= 11 is 0. The average molecular weight is 505 g/mol. The molecule has 10 heteroatoms. The number of carbonyl (C=O) groups excluding carboxylic acids is 2. The Balaban J connectivity index is 1.23. The lowest BCUT2D eigenvalue weighted by atomic mass is 10.1. The molecular formula is C27H28N4O6. The normalized spacial score (nSPS) is 21.6. The molecule has 2 aromatic rings. The van der Waals surface area contributed by atoms with E-state index in [0.29, 0.717) is 45.5 Å². The summed E-state index contributed by atoms with van der Waals surface area (Å²) in [5, 5.41) is 0. The Kier molecular flexibility index (Phi) is 5.94. The van der Waals surface area contributed by atoms with Gasteiger partial charge in [0.2, 0.25) is 6.79 Å². The molecule has 4 aliphatic rings. The van der Waals surface area contributed by atoms with Gasteiger partial charge in [-0.15, -0.1) is 0 Å². The second-order valence-electron chi connectivity index (χ2n) is 9.42. The van der Waals surface area contributed by atoms with Crippen LogP contribution in [0.25, 0.3) is 0 Å². The molecule has 0 aromatic heterocycles. The van der Waals surface area contributed by atoms with E-state index in [1.165, 1.54) is 14.2 Å². The zero-order chi connectivity index (χ0) is 25.5. The molecule has 0 saturated carbocycles. The van der Waals surface area contributed by atoms with Crippen molar-refractivity contribution in [3.05, 3.63) is 35.4 Å². The van der Waals surface area contributed by atoms with Crippen LogP contribution >= 0.6 is 0 Å². The Labute approximate surface area is 214 Å². The number of ether oxygens (including phenoxy) is 4. The van der Waals surface area contributed by atoms with E-state index in [4.69, 9.17) is 18.9 Å². The van der Waals surface area contributed by atoms with Gasteiger partial charge < -0.3 is 28.7 Å². The van der Waals surface area contributed by atoms with Crippen LogP contribution < -0.4 is 18.9 Å². The quantitative estimate of drug-likeness (QED) is 0.555. The van der Waals surface area contributed by atoms with Gasteiger partial charge in [-0.2, -0.15) is 0 Å². The maximum Gasteiger partial charge on any atom is 0.256 e. The standard InChI is InChI=1S/C27H28N4O6/c1-34-22-9-18-20(28-13-16-5-3-7-30(16)26(18)32)11-24(22)36-15-37-25-12-21-19(10-23(25)35-2)27(33)31-8-4-6-17(31)14-29-21/h9-14,16-17H,3-8,15H2,1-2H3/t16-,17?/m0/s1. The number of hydrogen-bond donors (Lipinski definition) is 0.